The summed E-state index contributed by atoms with van der Waals surface area (Å²) in [5.74, 6) is -0.417. The lowest BCUT2D eigenvalue weighted by Gasteiger charge is -2.04. The molecule has 4 nitrogen and oxygen atoms in total. The number of rotatable bonds is 1. The molecule has 0 radical (unpaired) electrons. The maximum atomic E-state index is 13.1. The molecule has 1 aromatic heterocycles. The van der Waals surface area contributed by atoms with E-state index in [4.69, 9.17) is 0 Å². The van der Waals surface area contributed by atoms with Gasteiger partial charge in [0.05, 0.1) is 5.56 Å². The molecule has 0 bridgehead atoms. The molecule has 0 aliphatic carbocycles. The molecule has 0 amide bonds. The molecule has 0 saturated carbocycles. The van der Waals surface area contributed by atoms with Crippen LogP contribution in [0.1, 0.15) is 11.1 Å². The van der Waals surface area contributed by atoms with Crippen molar-refractivity contribution in [2.24, 2.45) is 0 Å². The fraction of sp³-hybridized carbons (Fsp3) is 0.167. The summed E-state index contributed by atoms with van der Waals surface area (Å²) in [6.07, 6.45) is 0. The third kappa shape index (κ3) is 2.04. The predicted molar refractivity (Wildman–Crippen MR) is 61.4 cm³/mol. The molecule has 0 atom stereocenters. The summed E-state index contributed by atoms with van der Waals surface area (Å²) in [5, 5.41) is 9.46. The van der Waals surface area contributed by atoms with E-state index < -0.39 is 5.56 Å². The largest absolute Gasteiger partial charge is 0.493 e. The van der Waals surface area contributed by atoms with Gasteiger partial charge in [-0.25, -0.2) is 4.39 Å². The molecular weight excluding hydrogens is 223 g/mol. The van der Waals surface area contributed by atoms with Crippen LogP contribution in [0.2, 0.25) is 0 Å². The smallest absolute Gasteiger partial charge is 0.257 e. The minimum Gasteiger partial charge on any atom is -0.493 e. The summed E-state index contributed by atoms with van der Waals surface area (Å²) in [7, 11) is 0. The fourth-order valence-corrected chi connectivity index (χ4v) is 1.45. The Kier molecular flexibility index (Phi) is 2.67. The third-order valence-corrected chi connectivity index (χ3v) is 2.56. The number of aryl methyl sites for hydroxylation is 1. The van der Waals surface area contributed by atoms with E-state index in [9.17, 15) is 14.3 Å². The molecule has 2 aromatic rings. The maximum absolute atomic E-state index is 13.1. The zero-order chi connectivity index (χ0) is 12.6. The molecule has 1 aromatic carbocycles. The summed E-state index contributed by atoms with van der Waals surface area (Å²) in [6.45, 7) is 3.09. The highest BCUT2D eigenvalue weighted by Crippen LogP contribution is 2.19. The molecule has 0 aliphatic heterocycles. The lowest BCUT2D eigenvalue weighted by Crippen LogP contribution is -2.12. The standard InChI is InChI=1S/C12H11FN2O2/c1-6-5-8(3-4-9(6)13)10-14-11(16)7(2)12(17)15-10/h3-5H,1-2H3,(H2,14,15,16,17). The minimum absolute atomic E-state index is 0.160. The van der Waals surface area contributed by atoms with Crippen molar-refractivity contribution in [3.8, 4) is 17.3 Å². The van der Waals surface area contributed by atoms with Crippen molar-refractivity contribution in [3.63, 3.8) is 0 Å². The average molecular weight is 234 g/mol. The van der Waals surface area contributed by atoms with Gasteiger partial charge in [0, 0.05) is 5.56 Å². The van der Waals surface area contributed by atoms with E-state index in [1.54, 1.807) is 13.0 Å². The van der Waals surface area contributed by atoms with Crippen molar-refractivity contribution in [2.75, 3.05) is 0 Å². The number of nitrogens with zero attached hydrogens (tertiary/aromatic N) is 1. The van der Waals surface area contributed by atoms with Gasteiger partial charge in [-0.2, -0.15) is 4.98 Å². The molecule has 5 heteroatoms. The van der Waals surface area contributed by atoms with Crippen molar-refractivity contribution in [2.45, 2.75) is 13.8 Å². The second kappa shape index (κ2) is 4.01. The van der Waals surface area contributed by atoms with Crippen molar-refractivity contribution in [3.05, 3.63) is 45.5 Å². The predicted octanol–water partition coefficient (Wildman–Crippen LogP) is 1.90. The molecule has 0 fully saturated rings. The van der Waals surface area contributed by atoms with Crippen LogP contribution >= 0.6 is 0 Å². The van der Waals surface area contributed by atoms with E-state index in [1.165, 1.54) is 19.1 Å². The molecule has 2 N–H and O–H groups in total. The zero-order valence-electron chi connectivity index (χ0n) is 9.41. The third-order valence-electron chi connectivity index (χ3n) is 2.56. The summed E-state index contributed by atoms with van der Waals surface area (Å²) < 4.78 is 13.1. The van der Waals surface area contributed by atoms with E-state index in [-0.39, 0.29) is 23.1 Å². The SMILES string of the molecule is Cc1cc(-c2nc(O)c(C)c(=O)[nH]2)ccc1F. The first-order chi connectivity index (χ1) is 7.99. The Balaban J connectivity index is 2.61. The Morgan fingerprint density at radius 3 is 2.65 bits per heavy atom. The van der Waals surface area contributed by atoms with Gasteiger partial charge in [-0.3, -0.25) is 4.79 Å². The summed E-state index contributed by atoms with van der Waals surface area (Å²) in [4.78, 5) is 17.8. The number of halogens is 1. The highest BCUT2D eigenvalue weighted by molar-refractivity contribution is 5.56. The number of H-pyrrole nitrogens is 1. The highest BCUT2D eigenvalue weighted by Gasteiger charge is 2.08. The molecule has 0 aliphatic rings. The van der Waals surface area contributed by atoms with Gasteiger partial charge >= 0.3 is 0 Å². The van der Waals surface area contributed by atoms with Gasteiger partial charge in [-0.05, 0) is 37.6 Å². The Labute approximate surface area is 96.8 Å². The van der Waals surface area contributed by atoms with Gasteiger partial charge in [-0.1, -0.05) is 0 Å². The molecule has 1 heterocycles. The number of aromatic amines is 1. The number of nitrogens with one attached hydrogen (secondary N) is 1. The monoisotopic (exact) mass is 234 g/mol. The lowest BCUT2D eigenvalue weighted by atomic mass is 10.1. The Morgan fingerprint density at radius 2 is 2.06 bits per heavy atom. The number of aromatic nitrogens is 2. The van der Waals surface area contributed by atoms with Gasteiger partial charge in [-0.15, -0.1) is 0 Å². The van der Waals surface area contributed by atoms with Gasteiger partial charge in [0.2, 0.25) is 5.88 Å². The summed E-state index contributed by atoms with van der Waals surface area (Å²) in [6, 6.07) is 4.35. The van der Waals surface area contributed by atoms with Crippen LogP contribution in [0.15, 0.2) is 23.0 Å². The van der Waals surface area contributed by atoms with Crippen LogP contribution in [-0.4, -0.2) is 15.1 Å². The summed E-state index contributed by atoms with van der Waals surface area (Å²) >= 11 is 0. The number of benzene rings is 1. The molecular formula is C12H11FN2O2. The molecule has 2 rings (SSSR count). The van der Waals surface area contributed by atoms with Crippen LogP contribution in [0, 0.1) is 19.7 Å². The van der Waals surface area contributed by atoms with Crippen molar-refractivity contribution >= 4 is 0 Å². The topological polar surface area (TPSA) is 66.0 Å². The zero-order valence-corrected chi connectivity index (χ0v) is 9.41. The van der Waals surface area contributed by atoms with Crippen LogP contribution in [0.4, 0.5) is 4.39 Å². The first kappa shape index (κ1) is 11.3. The second-order valence-electron chi connectivity index (χ2n) is 3.83. The Bertz CT molecular complexity index is 635. The van der Waals surface area contributed by atoms with Crippen molar-refractivity contribution < 1.29 is 9.50 Å². The Hall–Kier alpha value is -2.17. The molecule has 0 saturated heterocycles. The number of hydrogen-bond acceptors (Lipinski definition) is 3. The fourth-order valence-electron chi connectivity index (χ4n) is 1.45. The molecule has 88 valence electrons. The van der Waals surface area contributed by atoms with Gasteiger partial charge < -0.3 is 10.1 Å². The first-order valence-corrected chi connectivity index (χ1v) is 5.05. The van der Waals surface area contributed by atoms with Gasteiger partial charge in [0.25, 0.3) is 5.56 Å². The van der Waals surface area contributed by atoms with Crippen LogP contribution in [0.25, 0.3) is 11.4 Å². The number of hydrogen-bond donors (Lipinski definition) is 2. The summed E-state index contributed by atoms with van der Waals surface area (Å²) in [5.41, 5.74) is 0.753. The van der Waals surface area contributed by atoms with Crippen LogP contribution in [-0.2, 0) is 0 Å². The van der Waals surface area contributed by atoms with Gasteiger partial charge in [0.15, 0.2) is 0 Å². The molecule has 0 unspecified atom stereocenters. The van der Waals surface area contributed by atoms with E-state index in [0.717, 1.165) is 0 Å². The van der Waals surface area contributed by atoms with Crippen molar-refractivity contribution in [1.29, 1.82) is 0 Å². The van der Waals surface area contributed by atoms with Gasteiger partial charge in [0.1, 0.15) is 11.6 Å². The van der Waals surface area contributed by atoms with Crippen LogP contribution in [0.3, 0.4) is 0 Å². The van der Waals surface area contributed by atoms with E-state index in [0.29, 0.717) is 11.1 Å². The first-order valence-electron chi connectivity index (χ1n) is 5.05. The quantitative estimate of drug-likeness (QED) is 0.792. The average Bonchev–Trinajstić information content (AvgIpc) is 2.29. The molecule has 17 heavy (non-hydrogen) atoms. The van der Waals surface area contributed by atoms with E-state index in [2.05, 4.69) is 9.97 Å². The van der Waals surface area contributed by atoms with E-state index in [1.807, 2.05) is 0 Å². The Morgan fingerprint density at radius 1 is 1.35 bits per heavy atom. The van der Waals surface area contributed by atoms with Crippen molar-refractivity contribution in [1.82, 2.24) is 9.97 Å². The molecule has 0 spiro atoms. The number of aromatic hydroxyl groups is 1. The minimum atomic E-state index is -0.408. The lowest BCUT2D eigenvalue weighted by molar-refractivity contribution is 0.447. The van der Waals surface area contributed by atoms with Crippen LogP contribution < -0.4 is 5.56 Å². The maximum Gasteiger partial charge on any atom is 0.257 e. The van der Waals surface area contributed by atoms with E-state index >= 15 is 0 Å². The second-order valence-corrected chi connectivity index (χ2v) is 3.83. The van der Waals surface area contributed by atoms with Crippen LogP contribution in [0.5, 0.6) is 5.88 Å². The highest BCUT2D eigenvalue weighted by atomic mass is 19.1. The normalized spacial score (nSPS) is 10.5.